The van der Waals surface area contributed by atoms with Gasteiger partial charge in [-0.3, -0.25) is 0 Å². The fourth-order valence-electron chi connectivity index (χ4n) is 2.28. The molecule has 4 nitrogen and oxygen atoms in total. The zero-order valence-corrected chi connectivity index (χ0v) is 14.6. The van der Waals surface area contributed by atoms with E-state index in [2.05, 4.69) is 19.2 Å². The van der Waals surface area contributed by atoms with Crippen LogP contribution in [0.5, 0.6) is 0 Å². The molecule has 0 aliphatic carbocycles. The molecule has 1 unspecified atom stereocenters. The van der Waals surface area contributed by atoms with Crippen molar-refractivity contribution < 1.29 is 8.42 Å². The molecule has 0 fully saturated rings. The Kier molecular flexibility index (Phi) is 6.84. The fraction of sp³-hybridized carbons (Fsp3) is 0.625. The van der Waals surface area contributed by atoms with Crippen LogP contribution < -0.4 is 5.32 Å². The van der Waals surface area contributed by atoms with E-state index in [1.807, 2.05) is 26.0 Å². The van der Waals surface area contributed by atoms with Crippen LogP contribution in [-0.2, 0) is 16.6 Å². The maximum absolute atomic E-state index is 12.6. The van der Waals surface area contributed by atoms with Gasteiger partial charge in [-0.1, -0.05) is 32.9 Å². The van der Waals surface area contributed by atoms with E-state index < -0.39 is 10.0 Å². The quantitative estimate of drug-likeness (QED) is 0.803. The third-order valence-corrected chi connectivity index (χ3v) is 5.60. The molecule has 0 heterocycles. The summed E-state index contributed by atoms with van der Waals surface area (Å²) in [5.74, 6) is 0.472. The lowest BCUT2D eigenvalue weighted by atomic mass is 10.1. The molecule has 0 radical (unpaired) electrons. The minimum Gasteiger partial charge on any atom is -0.313 e. The molecular weight excluding hydrogens is 284 g/mol. The molecule has 0 bridgehead atoms. The van der Waals surface area contributed by atoms with Gasteiger partial charge in [0.1, 0.15) is 0 Å². The van der Waals surface area contributed by atoms with E-state index in [1.54, 1.807) is 19.2 Å². The van der Waals surface area contributed by atoms with Crippen molar-refractivity contribution >= 4 is 10.0 Å². The molecule has 1 rings (SSSR count). The minimum absolute atomic E-state index is 0.00330. The van der Waals surface area contributed by atoms with Crippen molar-refractivity contribution in [3.63, 3.8) is 0 Å². The highest BCUT2D eigenvalue weighted by Crippen LogP contribution is 2.20. The van der Waals surface area contributed by atoms with Crippen molar-refractivity contribution in [2.24, 2.45) is 5.92 Å². The van der Waals surface area contributed by atoms with Gasteiger partial charge in [-0.2, -0.15) is 4.31 Å². The lowest BCUT2D eigenvalue weighted by Gasteiger charge is -2.25. The summed E-state index contributed by atoms with van der Waals surface area (Å²) in [5, 5.41) is 3.23. The number of hydrogen-bond donors (Lipinski definition) is 1. The Morgan fingerprint density at radius 2 is 1.71 bits per heavy atom. The number of rotatable bonds is 8. The molecule has 0 aliphatic rings. The van der Waals surface area contributed by atoms with Gasteiger partial charge >= 0.3 is 0 Å². The summed E-state index contributed by atoms with van der Waals surface area (Å²) >= 11 is 0. The number of nitrogens with zero attached hydrogens (tertiary/aromatic N) is 1. The topological polar surface area (TPSA) is 49.4 Å². The van der Waals surface area contributed by atoms with Crippen LogP contribution in [0.4, 0.5) is 0 Å². The summed E-state index contributed by atoms with van der Waals surface area (Å²) in [6, 6.07) is 7.13. The molecule has 0 aromatic heterocycles. The standard InChI is InChI=1S/C16H28N2O2S/c1-6-17-12-15-7-9-16(10-8-15)21(19,20)18(5)14(4)11-13(2)3/h7-10,13-14,17H,6,11-12H2,1-5H3. The maximum atomic E-state index is 12.6. The van der Waals surface area contributed by atoms with Crippen molar-refractivity contribution in [2.75, 3.05) is 13.6 Å². The molecule has 21 heavy (non-hydrogen) atoms. The van der Waals surface area contributed by atoms with Gasteiger partial charge in [0, 0.05) is 19.6 Å². The number of hydrogen-bond acceptors (Lipinski definition) is 3. The first-order valence-electron chi connectivity index (χ1n) is 7.56. The largest absolute Gasteiger partial charge is 0.313 e. The Balaban J connectivity index is 2.86. The van der Waals surface area contributed by atoms with Gasteiger partial charge in [0.15, 0.2) is 0 Å². The summed E-state index contributed by atoms with van der Waals surface area (Å²) in [6.07, 6.45) is 0.855. The normalized spacial score (nSPS) is 13.9. The Morgan fingerprint density at radius 1 is 1.14 bits per heavy atom. The Morgan fingerprint density at radius 3 is 2.19 bits per heavy atom. The van der Waals surface area contributed by atoms with Gasteiger partial charge in [0.05, 0.1) is 4.90 Å². The van der Waals surface area contributed by atoms with Gasteiger partial charge < -0.3 is 5.32 Å². The Bertz CT molecular complexity index is 524. The summed E-state index contributed by atoms with van der Waals surface area (Å²) < 4.78 is 26.7. The highest BCUT2D eigenvalue weighted by atomic mass is 32.2. The third-order valence-electron chi connectivity index (χ3n) is 3.61. The molecule has 1 N–H and O–H groups in total. The lowest BCUT2D eigenvalue weighted by molar-refractivity contribution is 0.338. The number of nitrogens with one attached hydrogen (secondary N) is 1. The van der Waals surface area contributed by atoms with E-state index in [-0.39, 0.29) is 6.04 Å². The fourth-order valence-corrected chi connectivity index (χ4v) is 3.65. The maximum Gasteiger partial charge on any atom is 0.243 e. The summed E-state index contributed by atoms with van der Waals surface area (Å²) in [5.41, 5.74) is 1.09. The van der Waals surface area contributed by atoms with E-state index in [4.69, 9.17) is 0 Å². The van der Waals surface area contributed by atoms with Crippen LogP contribution in [0.2, 0.25) is 0 Å². The van der Waals surface area contributed by atoms with Gasteiger partial charge in [0.2, 0.25) is 10.0 Å². The third kappa shape index (κ3) is 5.09. The van der Waals surface area contributed by atoms with Crippen molar-refractivity contribution in [3.8, 4) is 0 Å². The van der Waals surface area contributed by atoms with Gasteiger partial charge in [0.25, 0.3) is 0 Å². The average Bonchev–Trinajstić information content (AvgIpc) is 2.43. The van der Waals surface area contributed by atoms with Crippen LogP contribution in [0.1, 0.15) is 39.7 Å². The van der Waals surface area contributed by atoms with E-state index in [1.165, 1.54) is 4.31 Å². The molecule has 1 aromatic rings. The van der Waals surface area contributed by atoms with Crippen molar-refractivity contribution in [2.45, 2.75) is 51.6 Å². The highest BCUT2D eigenvalue weighted by molar-refractivity contribution is 7.89. The summed E-state index contributed by atoms with van der Waals surface area (Å²) in [7, 11) is -1.75. The molecule has 0 saturated carbocycles. The van der Waals surface area contributed by atoms with Crippen LogP contribution in [-0.4, -0.2) is 32.4 Å². The predicted octanol–water partition coefficient (Wildman–Crippen LogP) is 2.85. The van der Waals surface area contributed by atoms with Crippen LogP contribution in [0.15, 0.2) is 29.2 Å². The monoisotopic (exact) mass is 312 g/mol. The first-order valence-corrected chi connectivity index (χ1v) is 9.00. The molecule has 5 heteroatoms. The van der Waals surface area contributed by atoms with Gasteiger partial charge in [-0.25, -0.2) is 8.42 Å². The molecule has 0 amide bonds. The minimum atomic E-state index is -3.41. The van der Waals surface area contributed by atoms with Crippen LogP contribution in [0, 0.1) is 5.92 Å². The lowest BCUT2D eigenvalue weighted by Crippen LogP contribution is -2.35. The zero-order chi connectivity index (χ0) is 16.0. The van der Waals surface area contributed by atoms with E-state index in [0.717, 1.165) is 25.1 Å². The average molecular weight is 312 g/mol. The number of sulfonamides is 1. The van der Waals surface area contributed by atoms with E-state index in [9.17, 15) is 8.42 Å². The van der Waals surface area contributed by atoms with Gasteiger partial charge in [-0.05, 0) is 43.5 Å². The molecule has 1 aromatic carbocycles. The van der Waals surface area contributed by atoms with Crippen LogP contribution in [0.25, 0.3) is 0 Å². The first kappa shape index (κ1) is 18.1. The smallest absolute Gasteiger partial charge is 0.243 e. The van der Waals surface area contributed by atoms with Crippen molar-refractivity contribution in [1.29, 1.82) is 0 Å². The predicted molar refractivity (Wildman–Crippen MR) is 87.7 cm³/mol. The van der Waals surface area contributed by atoms with Crippen molar-refractivity contribution in [1.82, 2.24) is 9.62 Å². The molecule has 120 valence electrons. The molecule has 0 spiro atoms. The second-order valence-electron chi connectivity index (χ2n) is 5.92. The Hall–Kier alpha value is -0.910. The molecule has 0 saturated heterocycles. The summed E-state index contributed by atoms with van der Waals surface area (Å²) in [4.78, 5) is 0.362. The van der Waals surface area contributed by atoms with E-state index >= 15 is 0 Å². The van der Waals surface area contributed by atoms with Crippen molar-refractivity contribution in [3.05, 3.63) is 29.8 Å². The zero-order valence-electron chi connectivity index (χ0n) is 13.8. The van der Waals surface area contributed by atoms with Crippen LogP contribution >= 0.6 is 0 Å². The Labute approximate surface area is 129 Å². The SMILES string of the molecule is CCNCc1ccc(S(=O)(=O)N(C)C(C)CC(C)C)cc1. The molecular formula is C16H28N2O2S. The van der Waals surface area contributed by atoms with Crippen LogP contribution in [0.3, 0.4) is 0 Å². The second kappa shape index (κ2) is 7.92. The number of benzene rings is 1. The summed E-state index contributed by atoms with van der Waals surface area (Å²) in [6.45, 7) is 9.87. The highest BCUT2D eigenvalue weighted by Gasteiger charge is 2.25. The first-order chi connectivity index (χ1) is 9.78. The van der Waals surface area contributed by atoms with Gasteiger partial charge in [-0.15, -0.1) is 0 Å². The molecule has 0 aliphatic heterocycles. The second-order valence-corrected chi connectivity index (χ2v) is 7.92. The van der Waals surface area contributed by atoms with E-state index in [0.29, 0.717) is 10.8 Å². The molecule has 1 atom stereocenters.